The molecule has 90 valence electrons. The Labute approximate surface area is 96.7 Å². The molecule has 5 heteroatoms. The van der Waals surface area contributed by atoms with Gasteiger partial charge < -0.3 is 4.74 Å². The molecule has 0 amide bonds. The number of rotatable bonds is 4. The van der Waals surface area contributed by atoms with Crippen molar-refractivity contribution in [1.82, 2.24) is 4.72 Å². The first-order valence-corrected chi connectivity index (χ1v) is 6.59. The molecule has 0 atom stereocenters. The Morgan fingerprint density at radius 3 is 2.38 bits per heavy atom. The van der Waals surface area contributed by atoms with Gasteiger partial charge in [0.1, 0.15) is 5.75 Å². The van der Waals surface area contributed by atoms with Gasteiger partial charge >= 0.3 is 0 Å². The van der Waals surface area contributed by atoms with Crippen LogP contribution in [-0.4, -0.2) is 22.1 Å². The average Bonchev–Trinajstić information content (AvgIpc) is 2.25. The number of benzene rings is 1. The number of ether oxygens (including phenoxy) is 1. The summed E-state index contributed by atoms with van der Waals surface area (Å²) < 4.78 is 31.1. The largest absolute Gasteiger partial charge is 0.494 e. The van der Waals surface area contributed by atoms with Crippen molar-refractivity contribution in [2.75, 3.05) is 13.7 Å². The fourth-order valence-electron chi connectivity index (χ4n) is 1.48. The second-order valence-electron chi connectivity index (χ2n) is 3.45. The first-order valence-electron chi connectivity index (χ1n) is 5.10. The van der Waals surface area contributed by atoms with Crippen molar-refractivity contribution in [1.29, 1.82) is 0 Å². The van der Waals surface area contributed by atoms with Crippen LogP contribution in [0.15, 0.2) is 17.0 Å². The van der Waals surface area contributed by atoms with E-state index in [1.807, 2.05) is 13.8 Å². The second-order valence-corrected chi connectivity index (χ2v) is 5.31. The van der Waals surface area contributed by atoms with Crippen LogP contribution in [0, 0.1) is 13.8 Å². The van der Waals surface area contributed by atoms with Gasteiger partial charge in [-0.25, -0.2) is 13.1 Å². The van der Waals surface area contributed by atoms with Crippen LogP contribution in [0.1, 0.15) is 18.1 Å². The molecular weight excluding hydrogens is 226 g/mol. The van der Waals surface area contributed by atoms with Crippen LogP contribution in [0.3, 0.4) is 0 Å². The number of hydrogen-bond donors (Lipinski definition) is 1. The van der Waals surface area contributed by atoms with Crippen molar-refractivity contribution in [3.8, 4) is 5.75 Å². The van der Waals surface area contributed by atoms with Gasteiger partial charge in [-0.05, 0) is 51.1 Å². The van der Waals surface area contributed by atoms with E-state index in [0.717, 1.165) is 16.9 Å². The molecule has 0 bridgehead atoms. The van der Waals surface area contributed by atoms with Crippen molar-refractivity contribution in [2.45, 2.75) is 25.7 Å². The monoisotopic (exact) mass is 243 g/mol. The van der Waals surface area contributed by atoms with Gasteiger partial charge in [-0.15, -0.1) is 0 Å². The third-order valence-corrected chi connectivity index (χ3v) is 4.10. The van der Waals surface area contributed by atoms with Crippen LogP contribution < -0.4 is 9.46 Å². The number of sulfonamides is 1. The third kappa shape index (κ3) is 2.36. The molecule has 0 saturated heterocycles. The molecule has 16 heavy (non-hydrogen) atoms. The minimum Gasteiger partial charge on any atom is -0.494 e. The minimum absolute atomic E-state index is 0.302. The van der Waals surface area contributed by atoms with Crippen LogP contribution in [0.5, 0.6) is 5.75 Å². The maximum Gasteiger partial charge on any atom is 0.240 e. The van der Waals surface area contributed by atoms with E-state index in [2.05, 4.69) is 4.72 Å². The van der Waals surface area contributed by atoms with Crippen LogP contribution in [0.4, 0.5) is 0 Å². The molecule has 0 aromatic heterocycles. The predicted octanol–water partition coefficient (Wildman–Crippen LogP) is 1.61. The molecule has 0 radical (unpaired) electrons. The molecule has 1 N–H and O–H groups in total. The summed E-state index contributed by atoms with van der Waals surface area (Å²) in [5, 5.41) is 0. The lowest BCUT2D eigenvalue weighted by atomic mass is 10.1. The van der Waals surface area contributed by atoms with Crippen molar-refractivity contribution >= 4 is 10.0 Å². The van der Waals surface area contributed by atoms with Gasteiger partial charge in [0, 0.05) is 0 Å². The normalized spacial score (nSPS) is 11.5. The molecule has 1 aromatic rings. The zero-order chi connectivity index (χ0) is 12.3. The summed E-state index contributed by atoms with van der Waals surface area (Å²) in [5.74, 6) is 0.732. The highest BCUT2D eigenvalue weighted by Gasteiger charge is 2.17. The first kappa shape index (κ1) is 13.0. The van der Waals surface area contributed by atoms with Crippen molar-refractivity contribution in [2.24, 2.45) is 0 Å². The van der Waals surface area contributed by atoms with Crippen molar-refractivity contribution in [3.63, 3.8) is 0 Å². The maximum atomic E-state index is 11.7. The molecule has 1 rings (SSSR count). The number of nitrogens with one attached hydrogen (secondary N) is 1. The van der Waals surface area contributed by atoms with Crippen molar-refractivity contribution in [3.05, 3.63) is 23.3 Å². The van der Waals surface area contributed by atoms with E-state index in [4.69, 9.17) is 4.74 Å². The topological polar surface area (TPSA) is 55.4 Å². The van der Waals surface area contributed by atoms with Gasteiger partial charge in [-0.3, -0.25) is 0 Å². The number of hydrogen-bond acceptors (Lipinski definition) is 3. The highest BCUT2D eigenvalue weighted by atomic mass is 32.2. The summed E-state index contributed by atoms with van der Waals surface area (Å²) in [7, 11) is -1.99. The predicted molar refractivity (Wildman–Crippen MR) is 63.3 cm³/mol. The Bertz CT molecular complexity index is 480. The Morgan fingerprint density at radius 1 is 1.25 bits per heavy atom. The molecule has 0 aliphatic carbocycles. The van der Waals surface area contributed by atoms with Gasteiger partial charge in [0.2, 0.25) is 10.0 Å². The smallest absolute Gasteiger partial charge is 0.240 e. The first-order chi connectivity index (χ1) is 7.44. The fourth-order valence-corrected chi connectivity index (χ4v) is 2.51. The second kappa shape index (κ2) is 4.84. The van der Waals surface area contributed by atoms with E-state index >= 15 is 0 Å². The summed E-state index contributed by atoms with van der Waals surface area (Å²) in [4.78, 5) is 0.302. The highest BCUT2D eigenvalue weighted by molar-refractivity contribution is 7.89. The minimum atomic E-state index is -3.39. The van der Waals surface area contributed by atoms with Gasteiger partial charge in [0.25, 0.3) is 0 Å². The van der Waals surface area contributed by atoms with Gasteiger partial charge in [0.05, 0.1) is 11.5 Å². The zero-order valence-electron chi connectivity index (χ0n) is 9.99. The summed E-state index contributed by atoms with van der Waals surface area (Å²) in [6.45, 7) is 6.10. The fraction of sp³-hybridized carbons (Fsp3) is 0.455. The van der Waals surface area contributed by atoms with E-state index in [1.54, 1.807) is 19.1 Å². The molecule has 0 unspecified atom stereocenters. The molecular formula is C11H17NO3S. The molecule has 0 saturated carbocycles. The molecule has 0 spiro atoms. The average molecular weight is 243 g/mol. The van der Waals surface area contributed by atoms with Crippen LogP contribution in [0.25, 0.3) is 0 Å². The Morgan fingerprint density at radius 2 is 1.88 bits per heavy atom. The lowest BCUT2D eigenvalue weighted by molar-refractivity contribution is 0.337. The van der Waals surface area contributed by atoms with Crippen LogP contribution >= 0.6 is 0 Å². The zero-order valence-corrected chi connectivity index (χ0v) is 10.8. The molecule has 0 fully saturated rings. The van der Waals surface area contributed by atoms with Gasteiger partial charge in [0.15, 0.2) is 0 Å². The Kier molecular flexibility index (Phi) is 3.93. The van der Waals surface area contributed by atoms with E-state index in [-0.39, 0.29) is 0 Å². The molecule has 1 aromatic carbocycles. The molecule has 4 nitrogen and oxygen atoms in total. The summed E-state index contributed by atoms with van der Waals surface area (Å²) in [6.07, 6.45) is 0. The SMILES string of the molecule is CCOc1ccc(S(=O)(=O)NC)c(C)c1C. The molecule has 0 aliphatic rings. The lowest BCUT2D eigenvalue weighted by Gasteiger charge is -2.13. The molecule has 0 aliphatic heterocycles. The summed E-state index contributed by atoms with van der Waals surface area (Å²) in [6, 6.07) is 3.26. The van der Waals surface area contributed by atoms with E-state index in [9.17, 15) is 8.42 Å². The third-order valence-electron chi connectivity index (χ3n) is 2.55. The summed E-state index contributed by atoms with van der Waals surface area (Å²) in [5.41, 5.74) is 1.58. The lowest BCUT2D eigenvalue weighted by Crippen LogP contribution is -2.20. The van der Waals surface area contributed by atoms with Crippen molar-refractivity contribution < 1.29 is 13.2 Å². The Hall–Kier alpha value is -1.07. The Balaban J connectivity index is 3.33. The quantitative estimate of drug-likeness (QED) is 0.874. The van der Waals surface area contributed by atoms with E-state index in [0.29, 0.717) is 11.5 Å². The molecule has 0 heterocycles. The van der Waals surface area contributed by atoms with E-state index in [1.165, 1.54) is 7.05 Å². The standard InChI is InChI=1S/C11H17NO3S/c1-5-15-10-6-7-11(9(3)8(10)2)16(13,14)12-4/h6-7,12H,5H2,1-4H3. The highest BCUT2D eigenvalue weighted by Crippen LogP contribution is 2.26. The maximum absolute atomic E-state index is 11.7. The van der Waals surface area contributed by atoms with Gasteiger partial charge in [-0.1, -0.05) is 0 Å². The van der Waals surface area contributed by atoms with Gasteiger partial charge in [-0.2, -0.15) is 0 Å². The van der Waals surface area contributed by atoms with Crippen LogP contribution in [-0.2, 0) is 10.0 Å². The van der Waals surface area contributed by atoms with Crippen LogP contribution in [0.2, 0.25) is 0 Å². The summed E-state index contributed by atoms with van der Waals surface area (Å²) >= 11 is 0. The van der Waals surface area contributed by atoms with E-state index < -0.39 is 10.0 Å².